The third-order valence-corrected chi connectivity index (χ3v) is 2.70. The molecule has 0 radical (unpaired) electrons. The first-order valence-corrected chi connectivity index (χ1v) is 5.25. The van der Waals surface area contributed by atoms with E-state index in [-0.39, 0.29) is 6.17 Å². The van der Waals surface area contributed by atoms with Crippen LogP contribution in [0.1, 0.15) is 21.5 Å². The summed E-state index contributed by atoms with van der Waals surface area (Å²) in [6.45, 7) is 1.86. The number of hydrazone groups is 1. The van der Waals surface area contributed by atoms with Crippen molar-refractivity contribution >= 4 is 17.7 Å². The van der Waals surface area contributed by atoms with Crippen molar-refractivity contribution in [1.82, 2.24) is 5.43 Å². The molecule has 1 unspecified atom stereocenters. The van der Waals surface area contributed by atoms with Crippen molar-refractivity contribution in [3.63, 3.8) is 0 Å². The fraction of sp³-hybridized carbons (Fsp3) is 0.167. The molecule has 88 valence electrons. The minimum absolute atomic E-state index is 0.313. The monoisotopic (exact) mass is 230 g/mol. The zero-order valence-corrected chi connectivity index (χ0v) is 9.47. The number of carbonyl (C=O) groups is 1. The summed E-state index contributed by atoms with van der Waals surface area (Å²) in [6, 6.07) is 5.42. The van der Waals surface area contributed by atoms with Gasteiger partial charge in [-0.25, -0.2) is 0 Å². The first-order valence-electron chi connectivity index (χ1n) is 5.25. The fourth-order valence-corrected chi connectivity index (χ4v) is 1.84. The molecule has 2 rings (SSSR count). The van der Waals surface area contributed by atoms with Gasteiger partial charge in [-0.1, -0.05) is 12.1 Å². The van der Waals surface area contributed by atoms with Gasteiger partial charge in [-0.2, -0.15) is 5.10 Å². The van der Waals surface area contributed by atoms with Crippen molar-refractivity contribution < 1.29 is 4.79 Å². The number of hydrogen-bond donors (Lipinski definition) is 3. The van der Waals surface area contributed by atoms with E-state index in [9.17, 15) is 4.79 Å². The van der Waals surface area contributed by atoms with Crippen LogP contribution in [0, 0.1) is 6.92 Å². The first kappa shape index (κ1) is 11.3. The second-order valence-electron chi connectivity index (χ2n) is 3.88. The van der Waals surface area contributed by atoms with E-state index in [0.717, 1.165) is 16.7 Å². The van der Waals surface area contributed by atoms with Gasteiger partial charge in [-0.3, -0.25) is 10.2 Å². The van der Waals surface area contributed by atoms with Gasteiger partial charge in [0.1, 0.15) is 6.17 Å². The molecule has 5 nitrogen and oxygen atoms in total. The molecule has 0 saturated carbocycles. The molecule has 1 amide bonds. The minimum atomic E-state index is -0.430. The Bertz CT molecular complexity index is 519. The van der Waals surface area contributed by atoms with Gasteiger partial charge in [0, 0.05) is 11.1 Å². The molecule has 1 aromatic carbocycles. The number of nitrogens with one attached hydrogen (secondary N) is 1. The zero-order chi connectivity index (χ0) is 12.4. The van der Waals surface area contributed by atoms with Crippen molar-refractivity contribution in [3.05, 3.63) is 41.0 Å². The Hall–Kier alpha value is -2.14. The van der Waals surface area contributed by atoms with Crippen LogP contribution in [0.5, 0.6) is 0 Å². The number of carbonyl (C=O) groups excluding carboxylic acids is 1. The number of primary amides is 1. The summed E-state index contributed by atoms with van der Waals surface area (Å²) in [5.74, 6) is -0.430. The van der Waals surface area contributed by atoms with Gasteiger partial charge in [0.15, 0.2) is 0 Å². The molecule has 1 heterocycles. The largest absolute Gasteiger partial charge is 0.366 e. The summed E-state index contributed by atoms with van der Waals surface area (Å²) in [7, 11) is 0. The maximum absolute atomic E-state index is 11.3. The Morgan fingerprint density at radius 2 is 2.24 bits per heavy atom. The van der Waals surface area contributed by atoms with Crippen LogP contribution in [0.25, 0.3) is 5.57 Å². The predicted molar refractivity (Wildman–Crippen MR) is 67.3 cm³/mol. The van der Waals surface area contributed by atoms with E-state index in [1.807, 2.05) is 19.1 Å². The molecular weight excluding hydrogens is 216 g/mol. The van der Waals surface area contributed by atoms with E-state index >= 15 is 0 Å². The summed E-state index contributed by atoms with van der Waals surface area (Å²) < 4.78 is 0. The Morgan fingerprint density at radius 1 is 1.47 bits per heavy atom. The van der Waals surface area contributed by atoms with Crippen LogP contribution in [0.2, 0.25) is 0 Å². The average molecular weight is 230 g/mol. The molecule has 0 spiro atoms. The summed E-state index contributed by atoms with van der Waals surface area (Å²) in [5, 5.41) is 3.95. The average Bonchev–Trinajstić information content (AvgIpc) is 2.29. The van der Waals surface area contributed by atoms with Crippen LogP contribution >= 0.6 is 0 Å². The van der Waals surface area contributed by atoms with Gasteiger partial charge >= 0.3 is 0 Å². The molecule has 5 heteroatoms. The highest BCUT2D eigenvalue weighted by Gasteiger charge is 2.13. The van der Waals surface area contributed by atoms with E-state index in [2.05, 4.69) is 10.5 Å². The van der Waals surface area contributed by atoms with Gasteiger partial charge in [0.2, 0.25) is 5.91 Å². The Kier molecular flexibility index (Phi) is 2.93. The number of allylic oxidation sites excluding steroid dienone is 1. The third kappa shape index (κ3) is 2.19. The quantitative estimate of drug-likeness (QED) is 0.684. The molecule has 5 N–H and O–H groups in total. The smallest absolute Gasteiger partial charge is 0.248 e. The number of nitrogens with two attached hydrogens (primary N) is 2. The molecule has 0 fully saturated rings. The third-order valence-electron chi connectivity index (χ3n) is 2.70. The summed E-state index contributed by atoms with van der Waals surface area (Å²) >= 11 is 0. The Morgan fingerprint density at radius 3 is 2.88 bits per heavy atom. The lowest BCUT2D eigenvalue weighted by atomic mass is 9.95. The van der Waals surface area contributed by atoms with E-state index in [4.69, 9.17) is 11.5 Å². The molecule has 1 aliphatic rings. The van der Waals surface area contributed by atoms with Gasteiger partial charge in [0.25, 0.3) is 0 Å². The first-order chi connectivity index (χ1) is 8.09. The van der Waals surface area contributed by atoms with Crippen LogP contribution in [-0.2, 0) is 0 Å². The fourth-order valence-electron chi connectivity index (χ4n) is 1.84. The molecule has 1 aliphatic heterocycles. The van der Waals surface area contributed by atoms with E-state index in [1.54, 1.807) is 18.3 Å². The normalized spacial score (nSPS) is 18.5. The second-order valence-corrected chi connectivity index (χ2v) is 3.88. The second kappa shape index (κ2) is 4.39. The van der Waals surface area contributed by atoms with Crippen LogP contribution in [-0.4, -0.2) is 18.3 Å². The molecule has 0 saturated heterocycles. The topological polar surface area (TPSA) is 93.5 Å². The van der Waals surface area contributed by atoms with Crippen molar-refractivity contribution in [1.29, 1.82) is 0 Å². The molecule has 0 aromatic heterocycles. The van der Waals surface area contributed by atoms with E-state index < -0.39 is 5.91 Å². The summed E-state index contributed by atoms with van der Waals surface area (Å²) in [6.07, 6.45) is 3.21. The van der Waals surface area contributed by atoms with E-state index in [0.29, 0.717) is 5.56 Å². The van der Waals surface area contributed by atoms with Gasteiger partial charge in [-0.15, -0.1) is 0 Å². The predicted octanol–water partition coefficient (Wildman–Crippen LogP) is 0.351. The summed E-state index contributed by atoms with van der Waals surface area (Å²) in [5.41, 5.74) is 16.9. The van der Waals surface area contributed by atoms with Crippen molar-refractivity contribution in [2.24, 2.45) is 16.6 Å². The number of amides is 1. The lowest BCUT2D eigenvalue weighted by Gasteiger charge is -2.16. The molecule has 1 atom stereocenters. The Balaban J connectivity index is 2.50. The number of rotatable bonds is 2. The van der Waals surface area contributed by atoms with Crippen molar-refractivity contribution in [3.8, 4) is 0 Å². The van der Waals surface area contributed by atoms with Crippen LogP contribution in [0.15, 0.2) is 29.4 Å². The number of hydrogen-bond acceptors (Lipinski definition) is 4. The Labute approximate surface area is 99.2 Å². The van der Waals surface area contributed by atoms with Gasteiger partial charge < -0.3 is 11.5 Å². The molecular formula is C12H14N4O. The standard InChI is InChI=1S/C12H14N4O/c1-7-9(3-2-4-10(7)12(14)17)8-5-11(13)16-15-6-8/h2-6,11,16H,13H2,1H3,(H2,14,17). The van der Waals surface area contributed by atoms with Crippen LogP contribution < -0.4 is 16.9 Å². The molecule has 17 heavy (non-hydrogen) atoms. The van der Waals surface area contributed by atoms with Gasteiger partial charge in [0.05, 0.1) is 6.21 Å². The molecule has 0 bridgehead atoms. The van der Waals surface area contributed by atoms with E-state index in [1.165, 1.54) is 0 Å². The van der Waals surface area contributed by atoms with Gasteiger partial charge in [-0.05, 0) is 30.2 Å². The molecule has 1 aromatic rings. The van der Waals surface area contributed by atoms with Crippen LogP contribution in [0.3, 0.4) is 0 Å². The lowest BCUT2D eigenvalue weighted by molar-refractivity contribution is 0.0999. The SMILES string of the molecule is Cc1c(C(N)=O)cccc1C1=CC(N)NN=C1. The maximum Gasteiger partial charge on any atom is 0.248 e. The highest BCUT2D eigenvalue weighted by atomic mass is 16.1. The zero-order valence-electron chi connectivity index (χ0n) is 9.47. The number of nitrogens with zero attached hydrogens (tertiary/aromatic N) is 1. The van der Waals surface area contributed by atoms with Crippen molar-refractivity contribution in [2.75, 3.05) is 0 Å². The summed E-state index contributed by atoms with van der Waals surface area (Å²) in [4.78, 5) is 11.3. The highest BCUT2D eigenvalue weighted by Crippen LogP contribution is 2.21. The lowest BCUT2D eigenvalue weighted by Crippen LogP contribution is -2.34. The minimum Gasteiger partial charge on any atom is -0.366 e. The highest BCUT2D eigenvalue weighted by molar-refractivity contribution is 6.11. The van der Waals surface area contributed by atoms with Crippen molar-refractivity contribution in [2.45, 2.75) is 13.1 Å². The maximum atomic E-state index is 11.3. The van der Waals surface area contributed by atoms with Crippen LogP contribution in [0.4, 0.5) is 0 Å². The number of benzene rings is 1. The molecule has 0 aliphatic carbocycles.